The van der Waals surface area contributed by atoms with Crippen LogP contribution in [0.1, 0.15) is 51.4 Å². The van der Waals surface area contributed by atoms with Crippen molar-refractivity contribution in [3.63, 3.8) is 0 Å². The van der Waals surface area contributed by atoms with Gasteiger partial charge in [0.15, 0.2) is 0 Å². The van der Waals surface area contributed by atoms with Gasteiger partial charge in [-0.05, 0) is 140 Å². The van der Waals surface area contributed by atoms with E-state index in [9.17, 15) is 0 Å². The molecule has 0 saturated carbocycles. The minimum atomic E-state index is 0.967. The van der Waals surface area contributed by atoms with Gasteiger partial charge in [0, 0.05) is 60.1 Å². The highest BCUT2D eigenvalue weighted by Gasteiger charge is 2.27. The Labute approximate surface area is 328 Å². The summed E-state index contributed by atoms with van der Waals surface area (Å²) in [5.41, 5.74) is 11.6. The SMILES string of the molecule is C1=CCCC(n2c(-c3c4cc(N5CCCCC5)ccc4c(-c4nc5ccccc5n4-c4ccccc4)c4cc(N5CCCCC5)ccc34)nc3ccccc32)=C1. The van der Waals surface area contributed by atoms with Crippen LogP contribution < -0.4 is 9.80 Å². The van der Waals surface area contributed by atoms with Crippen molar-refractivity contribution in [1.82, 2.24) is 19.1 Å². The average Bonchev–Trinajstić information content (AvgIpc) is 3.85. The zero-order valence-electron chi connectivity index (χ0n) is 31.9. The highest BCUT2D eigenvalue weighted by atomic mass is 15.1. The van der Waals surface area contributed by atoms with Crippen molar-refractivity contribution in [2.45, 2.75) is 51.4 Å². The Morgan fingerprint density at radius 1 is 0.446 bits per heavy atom. The molecule has 2 fully saturated rings. The van der Waals surface area contributed by atoms with Crippen molar-refractivity contribution >= 4 is 60.7 Å². The molecule has 6 nitrogen and oxygen atoms in total. The Hall–Kier alpha value is -6.14. The van der Waals surface area contributed by atoms with Gasteiger partial charge in [0.05, 0.1) is 22.1 Å². The standard InChI is InChI=1S/C50H46N6/c1-5-17-35(18-6-1)55-45-23-11-9-21-43(45)51-49(55)47-39-27-25-38(54-31-15-4-16-32-54)34-42(39)48(40-28-26-37(33-41(40)47)53-29-13-3-14-30-53)50-52-44-22-10-12-24-46(44)56(50)36-19-7-2-8-20-36/h1-2,5-7,9-12,17-19,21-28,33-34H,3-4,8,13-16,20,29-32H2. The Bertz CT molecular complexity index is 2830. The van der Waals surface area contributed by atoms with Gasteiger partial charge in [-0.2, -0.15) is 0 Å². The fourth-order valence-corrected chi connectivity index (χ4v) is 9.68. The van der Waals surface area contributed by atoms with E-state index in [4.69, 9.17) is 9.97 Å². The average molecular weight is 731 g/mol. The van der Waals surface area contributed by atoms with Crippen LogP contribution in [0, 0.1) is 0 Å². The Balaban J connectivity index is 1.30. The van der Waals surface area contributed by atoms with E-state index in [1.807, 2.05) is 0 Å². The molecular formula is C50H46N6. The molecule has 1 aliphatic carbocycles. The summed E-state index contributed by atoms with van der Waals surface area (Å²) in [6, 6.07) is 42.5. The highest BCUT2D eigenvalue weighted by molar-refractivity contribution is 6.22. The number of para-hydroxylation sites is 5. The number of anilines is 2. The number of imidazole rings is 2. The zero-order valence-corrected chi connectivity index (χ0v) is 31.9. The van der Waals surface area contributed by atoms with Crippen molar-refractivity contribution in [3.8, 4) is 28.5 Å². The minimum absolute atomic E-state index is 0.967. The molecule has 2 aromatic heterocycles. The van der Waals surface area contributed by atoms with E-state index in [-0.39, 0.29) is 0 Å². The largest absolute Gasteiger partial charge is 0.372 e. The van der Waals surface area contributed by atoms with E-state index in [0.29, 0.717) is 0 Å². The number of benzene rings is 6. The van der Waals surface area contributed by atoms with Crippen LogP contribution in [0.25, 0.3) is 77.8 Å². The summed E-state index contributed by atoms with van der Waals surface area (Å²) in [5, 5.41) is 4.84. The van der Waals surface area contributed by atoms with Crippen LogP contribution in [0.4, 0.5) is 11.4 Å². The van der Waals surface area contributed by atoms with Gasteiger partial charge in [-0.15, -0.1) is 0 Å². The predicted molar refractivity (Wildman–Crippen MR) is 235 cm³/mol. The van der Waals surface area contributed by atoms with Gasteiger partial charge in [0.2, 0.25) is 0 Å². The van der Waals surface area contributed by atoms with E-state index >= 15 is 0 Å². The number of hydrogen-bond acceptors (Lipinski definition) is 4. The quantitative estimate of drug-likeness (QED) is 0.160. The molecule has 0 atom stereocenters. The molecule has 0 unspecified atom stereocenters. The van der Waals surface area contributed by atoms with Crippen molar-refractivity contribution in [2.75, 3.05) is 36.0 Å². The van der Waals surface area contributed by atoms with Gasteiger partial charge in [0.1, 0.15) is 11.6 Å². The first-order chi connectivity index (χ1) is 27.8. The molecule has 8 aromatic rings. The monoisotopic (exact) mass is 730 g/mol. The molecule has 2 aliphatic heterocycles. The van der Waals surface area contributed by atoms with E-state index in [1.165, 1.54) is 88.3 Å². The van der Waals surface area contributed by atoms with Gasteiger partial charge in [-0.3, -0.25) is 9.13 Å². The van der Waals surface area contributed by atoms with Gasteiger partial charge in [0.25, 0.3) is 0 Å². The van der Waals surface area contributed by atoms with Crippen molar-refractivity contribution in [2.24, 2.45) is 0 Å². The molecule has 2 saturated heterocycles. The molecule has 56 heavy (non-hydrogen) atoms. The molecule has 0 bridgehead atoms. The number of hydrogen-bond donors (Lipinski definition) is 0. The number of rotatable bonds is 6. The molecule has 0 amide bonds. The first-order valence-electron chi connectivity index (χ1n) is 20.7. The van der Waals surface area contributed by atoms with E-state index < -0.39 is 0 Å². The molecule has 0 N–H and O–H groups in total. The fourth-order valence-electron chi connectivity index (χ4n) is 9.68. The lowest BCUT2D eigenvalue weighted by Gasteiger charge is -2.30. The van der Waals surface area contributed by atoms with Crippen LogP contribution in [-0.2, 0) is 0 Å². The topological polar surface area (TPSA) is 42.1 Å². The Kier molecular flexibility index (Phi) is 8.22. The van der Waals surface area contributed by atoms with Crippen LogP contribution >= 0.6 is 0 Å². The highest BCUT2D eigenvalue weighted by Crippen LogP contribution is 2.48. The minimum Gasteiger partial charge on any atom is -0.372 e. The third-order valence-corrected chi connectivity index (χ3v) is 12.4. The number of piperidine rings is 2. The normalized spacial score (nSPS) is 16.4. The van der Waals surface area contributed by atoms with Crippen molar-refractivity contribution in [3.05, 3.63) is 133 Å². The number of nitrogens with zero attached hydrogens (tertiary/aromatic N) is 6. The maximum Gasteiger partial charge on any atom is 0.146 e. The second kappa shape index (κ2) is 13.9. The molecule has 3 aliphatic rings. The lowest BCUT2D eigenvalue weighted by molar-refractivity contribution is 0.578. The van der Waals surface area contributed by atoms with Gasteiger partial charge in [-0.1, -0.05) is 66.7 Å². The van der Waals surface area contributed by atoms with E-state index in [2.05, 4.69) is 152 Å². The molecule has 6 aromatic carbocycles. The summed E-state index contributed by atoms with van der Waals surface area (Å²) >= 11 is 0. The molecule has 0 radical (unpaired) electrons. The van der Waals surface area contributed by atoms with Crippen LogP contribution in [0.5, 0.6) is 0 Å². The van der Waals surface area contributed by atoms with E-state index in [0.717, 1.165) is 78.4 Å². The Morgan fingerprint density at radius 2 is 0.964 bits per heavy atom. The van der Waals surface area contributed by atoms with Crippen molar-refractivity contribution < 1.29 is 0 Å². The number of fused-ring (bicyclic) bond motifs is 4. The maximum absolute atomic E-state index is 5.57. The van der Waals surface area contributed by atoms with Gasteiger partial charge in [-0.25, -0.2) is 9.97 Å². The predicted octanol–water partition coefficient (Wildman–Crippen LogP) is 12.2. The summed E-state index contributed by atoms with van der Waals surface area (Å²) in [4.78, 5) is 16.3. The van der Waals surface area contributed by atoms with E-state index in [1.54, 1.807) is 0 Å². The summed E-state index contributed by atoms with van der Waals surface area (Å²) < 4.78 is 4.84. The van der Waals surface area contributed by atoms with Crippen molar-refractivity contribution in [1.29, 1.82) is 0 Å². The second-order valence-electron chi connectivity index (χ2n) is 15.8. The molecule has 6 heteroatoms. The van der Waals surface area contributed by atoms with Crippen LogP contribution in [0.3, 0.4) is 0 Å². The zero-order chi connectivity index (χ0) is 37.0. The molecule has 4 heterocycles. The Morgan fingerprint density at radius 3 is 1.52 bits per heavy atom. The molecule has 276 valence electrons. The first-order valence-corrected chi connectivity index (χ1v) is 20.7. The van der Waals surface area contributed by atoms with Crippen LogP contribution in [0.2, 0.25) is 0 Å². The second-order valence-corrected chi connectivity index (χ2v) is 15.8. The summed E-state index contributed by atoms with van der Waals surface area (Å²) in [6.07, 6.45) is 16.3. The summed E-state index contributed by atoms with van der Waals surface area (Å²) in [6.45, 7) is 4.34. The summed E-state index contributed by atoms with van der Waals surface area (Å²) in [5.74, 6) is 1.97. The van der Waals surface area contributed by atoms with Gasteiger partial charge >= 0.3 is 0 Å². The smallest absolute Gasteiger partial charge is 0.146 e. The lowest BCUT2D eigenvalue weighted by atomic mass is 9.89. The van der Waals surface area contributed by atoms with Crippen LogP contribution in [-0.4, -0.2) is 45.3 Å². The molecule has 0 spiro atoms. The summed E-state index contributed by atoms with van der Waals surface area (Å²) in [7, 11) is 0. The van der Waals surface area contributed by atoms with Gasteiger partial charge < -0.3 is 9.80 Å². The molecular weight excluding hydrogens is 685 g/mol. The lowest BCUT2D eigenvalue weighted by Crippen LogP contribution is -2.29. The fraction of sp³-hybridized carbons (Fsp3) is 0.240. The molecule has 11 rings (SSSR count). The number of aromatic nitrogens is 4. The maximum atomic E-state index is 5.57. The third kappa shape index (κ3) is 5.53. The third-order valence-electron chi connectivity index (χ3n) is 12.4. The van der Waals surface area contributed by atoms with Crippen LogP contribution in [0.15, 0.2) is 133 Å². The number of allylic oxidation sites excluding steroid dienone is 4. The first kappa shape index (κ1) is 33.2.